The number of hydrazine groups is 1. The fourth-order valence-electron chi connectivity index (χ4n) is 1.07. The third-order valence-electron chi connectivity index (χ3n) is 1.87. The van der Waals surface area contributed by atoms with E-state index in [2.05, 4.69) is 10.1 Å². The van der Waals surface area contributed by atoms with Crippen molar-refractivity contribution in [2.75, 3.05) is 7.05 Å². The van der Waals surface area contributed by atoms with Gasteiger partial charge >= 0.3 is 5.97 Å². The van der Waals surface area contributed by atoms with E-state index in [0.717, 1.165) is 4.90 Å². The van der Waals surface area contributed by atoms with Crippen molar-refractivity contribution in [2.24, 2.45) is 11.6 Å². The van der Waals surface area contributed by atoms with Gasteiger partial charge in [-0.05, 0) is 43.3 Å². The Kier molecular flexibility index (Phi) is 5.31. The monoisotopic (exact) mass is 270 g/mol. The summed E-state index contributed by atoms with van der Waals surface area (Å²) in [6.45, 7) is 0. The second-order valence-electron chi connectivity index (χ2n) is 3.07. The SMILES string of the molecule is CNSc1ccc(O/C(NN)=C(/N)C(=O)O)cc1. The van der Waals surface area contributed by atoms with Gasteiger partial charge in [0.25, 0.3) is 0 Å². The van der Waals surface area contributed by atoms with E-state index in [0.29, 0.717) is 5.75 Å². The van der Waals surface area contributed by atoms with Crippen LogP contribution in [0.4, 0.5) is 0 Å². The van der Waals surface area contributed by atoms with Crippen molar-refractivity contribution in [3.05, 3.63) is 35.8 Å². The van der Waals surface area contributed by atoms with Crippen LogP contribution in [0.25, 0.3) is 0 Å². The summed E-state index contributed by atoms with van der Waals surface area (Å²) >= 11 is 1.44. The van der Waals surface area contributed by atoms with E-state index in [1.165, 1.54) is 11.9 Å². The van der Waals surface area contributed by atoms with E-state index in [-0.39, 0.29) is 5.88 Å². The Labute approximate surface area is 108 Å². The molecule has 0 bridgehead atoms. The Balaban J connectivity index is 2.83. The summed E-state index contributed by atoms with van der Waals surface area (Å²) in [5.41, 5.74) is 6.91. The summed E-state index contributed by atoms with van der Waals surface area (Å²) in [7, 11) is 1.81. The zero-order valence-corrected chi connectivity index (χ0v) is 10.5. The molecule has 0 radical (unpaired) electrons. The lowest BCUT2D eigenvalue weighted by Crippen LogP contribution is -2.31. The standard InChI is InChI=1S/C10H14N4O3S/c1-13-18-7-4-2-6(3-5-7)17-9(14-12)8(11)10(15)16/h2-5,13-14H,11-12H2,1H3,(H,15,16)/b9-8+. The number of nitrogens with two attached hydrogens (primary N) is 2. The normalized spacial score (nSPS) is 11.7. The summed E-state index contributed by atoms with van der Waals surface area (Å²) in [5.74, 6) is 4.04. The number of benzene rings is 1. The van der Waals surface area contributed by atoms with Crippen LogP contribution in [0, 0.1) is 0 Å². The lowest BCUT2D eigenvalue weighted by atomic mass is 10.3. The van der Waals surface area contributed by atoms with Crippen molar-refractivity contribution in [1.29, 1.82) is 0 Å². The molecule has 1 aromatic rings. The molecule has 0 aliphatic heterocycles. The highest BCUT2D eigenvalue weighted by molar-refractivity contribution is 7.97. The number of nitrogens with one attached hydrogen (secondary N) is 2. The van der Waals surface area contributed by atoms with Gasteiger partial charge < -0.3 is 15.6 Å². The third kappa shape index (κ3) is 3.84. The first-order valence-corrected chi connectivity index (χ1v) is 5.71. The van der Waals surface area contributed by atoms with Gasteiger partial charge in [0.1, 0.15) is 5.75 Å². The van der Waals surface area contributed by atoms with Gasteiger partial charge in [0, 0.05) is 4.90 Å². The highest BCUT2D eigenvalue weighted by Crippen LogP contribution is 2.20. The molecule has 0 unspecified atom stereocenters. The molecule has 8 heteroatoms. The molecule has 0 spiro atoms. The van der Waals surface area contributed by atoms with Crippen molar-refractivity contribution in [1.82, 2.24) is 10.1 Å². The van der Waals surface area contributed by atoms with Crippen LogP contribution in [0.15, 0.2) is 40.7 Å². The number of hydrogen-bond acceptors (Lipinski definition) is 7. The van der Waals surface area contributed by atoms with Gasteiger partial charge in [-0.2, -0.15) is 0 Å². The average Bonchev–Trinajstić information content (AvgIpc) is 2.37. The molecular formula is C10H14N4O3S. The Bertz CT molecular complexity index is 447. The van der Waals surface area contributed by atoms with Gasteiger partial charge in [-0.25, -0.2) is 10.6 Å². The highest BCUT2D eigenvalue weighted by atomic mass is 32.2. The molecule has 0 aromatic heterocycles. The van der Waals surface area contributed by atoms with Crippen molar-refractivity contribution in [2.45, 2.75) is 4.90 Å². The predicted molar refractivity (Wildman–Crippen MR) is 68.2 cm³/mol. The molecule has 0 heterocycles. The summed E-state index contributed by atoms with van der Waals surface area (Å²) < 4.78 is 8.15. The quantitative estimate of drug-likeness (QED) is 0.160. The largest absolute Gasteiger partial charge is 0.476 e. The highest BCUT2D eigenvalue weighted by Gasteiger charge is 2.11. The molecule has 7 nitrogen and oxygen atoms in total. The summed E-state index contributed by atoms with van der Waals surface area (Å²) in [4.78, 5) is 11.6. The predicted octanol–water partition coefficient (Wildman–Crippen LogP) is -0.0324. The molecule has 18 heavy (non-hydrogen) atoms. The molecule has 0 saturated carbocycles. The Morgan fingerprint density at radius 1 is 1.39 bits per heavy atom. The average molecular weight is 270 g/mol. The van der Waals surface area contributed by atoms with E-state index in [4.69, 9.17) is 21.4 Å². The number of hydrogen-bond donors (Lipinski definition) is 5. The van der Waals surface area contributed by atoms with Crippen molar-refractivity contribution in [3.63, 3.8) is 0 Å². The third-order valence-corrected chi connectivity index (χ3v) is 2.58. The van der Waals surface area contributed by atoms with Crippen LogP contribution in [-0.4, -0.2) is 18.1 Å². The zero-order chi connectivity index (χ0) is 13.5. The van der Waals surface area contributed by atoms with E-state index in [1.807, 2.05) is 19.2 Å². The lowest BCUT2D eigenvalue weighted by Gasteiger charge is -2.10. The van der Waals surface area contributed by atoms with Crippen LogP contribution in [0.5, 0.6) is 5.75 Å². The number of aliphatic carboxylic acids is 1. The summed E-state index contributed by atoms with van der Waals surface area (Å²) in [6, 6.07) is 6.96. The number of carboxylic acid groups (broad SMARTS) is 1. The minimum atomic E-state index is -1.31. The van der Waals surface area contributed by atoms with Gasteiger partial charge in [-0.1, -0.05) is 0 Å². The topological polar surface area (TPSA) is 123 Å². The van der Waals surface area contributed by atoms with Crippen LogP contribution in [0.1, 0.15) is 0 Å². The summed E-state index contributed by atoms with van der Waals surface area (Å²) in [6.07, 6.45) is 0. The molecule has 0 aliphatic carbocycles. The van der Waals surface area contributed by atoms with Crippen molar-refractivity contribution in [3.8, 4) is 5.75 Å². The van der Waals surface area contributed by atoms with E-state index in [9.17, 15) is 4.79 Å². The van der Waals surface area contributed by atoms with Crippen LogP contribution in [0.3, 0.4) is 0 Å². The summed E-state index contributed by atoms with van der Waals surface area (Å²) in [5, 5.41) is 8.71. The number of rotatable bonds is 6. The maximum atomic E-state index is 10.7. The Hall–Kier alpha value is -1.90. The fraction of sp³-hybridized carbons (Fsp3) is 0.100. The Morgan fingerprint density at radius 2 is 2.00 bits per heavy atom. The molecule has 7 N–H and O–H groups in total. The molecule has 1 aromatic carbocycles. The zero-order valence-electron chi connectivity index (χ0n) is 9.64. The van der Waals surface area contributed by atoms with Crippen LogP contribution >= 0.6 is 11.9 Å². The van der Waals surface area contributed by atoms with Crippen LogP contribution in [0.2, 0.25) is 0 Å². The van der Waals surface area contributed by atoms with Crippen LogP contribution < -0.4 is 26.5 Å². The maximum absolute atomic E-state index is 10.7. The molecule has 0 atom stereocenters. The Morgan fingerprint density at radius 3 is 2.44 bits per heavy atom. The second-order valence-corrected chi connectivity index (χ2v) is 4.16. The van der Waals surface area contributed by atoms with Crippen molar-refractivity contribution < 1.29 is 14.6 Å². The first-order valence-electron chi connectivity index (χ1n) is 4.89. The molecule has 0 saturated heterocycles. The minimum absolute atomic E-state index is 0.212. The van der Waals surface area contributed by atoms with Gasteiger partial charge in [0.05, 0.1) is 0 Å². The van der Waals surface area contributed by atoms with Crippen LogP contribution in [-0.2, 0) is 4.79 Å². The molecular weight excluding hydrogens is 256 g/mol. The molecule has 0 fully saturated rings. The first kappa shape index (κ1) is 14.2. The fourth-order valence-corrected chi connectivity index (χ4v) is 1.58. The number of carboxylic acids is 1. The minimum Gasteiger partial charge on any atom is -0.476 e. The van der Waals surface area contributed by atoms with Gasteiger partial charge in [-0.3, -0.25) is 10.1 Å². The molecule has 0 aliphatic rings. The maximum Gasteiger partial charge on any atom is 0.357 e. The van der Waals surface area contributed by atoms with Gasteiger partial charge in [0.15, 0.2) is 5.70 Å². The lowest BCUT2D eigenvalue weighted by molar-refractivity contribution is -0.132. The van der Waals surface area contributed by atoms with Gasteiger partial charge in [-0.15, -0.1) is 0 Å². The smallest absolute Gasteiger partial charge is 0.357 e. The second kappa shape index (κ2) is 6.74. The van der Waals surface area contributed by atoms with E-state index < -0.39 is 11.7 Å². The first-order chi connectivity index (χ1) is 8.58. The van der Waals surface area contributed by atoms with E-state index in [1.54, 1.807) is 12.1 Å². The number of ether oxygens (including phenoxy) is 1. The molecule has 98 valence electrons. The number of carbonyl (C=O) groups is 1. The van der Waals surface area contributed by atoms with E-state index >= 15 is 0 Å². The molecule has 1 rings (SSSR count). The van der Waals surface area contributed by atoms with Crippen molar-refractivity contribution >= 4 is 17.9 Å². The van der Waals surface area contributed by atoms with Gasteiger partial charge in [0.2, 0.25) is 5.88 Å². The molecule has 0 amide bonds.